The number of ether oxygens (including phenoxy) is 1. The van der Waals surface area contributed by atoms with E-state index in [1.54, 1.807) is 48.7 Å². The molecule has 0 aliphatic rings. The zero-order valence-electron chi connectivity index (χ0n) is 26.5. The van der Waals surface area contributed by atoms with Crippen molar-refractivity contribution in [1.29, 1.82) is 0 Å². The van der Waals surface area contributed by atoms with E-state index in [0.717, 1.165) is 33.3 Å². The van der Waals surface area contributed by atoms with Crippen molar-refractivity contribution in [2.24, 2.45) is 14.1 Å². The van der Waals surface area contributed by atoms with Crippen molar-refractivity contribution in [2.75, 3.05) is 6.54 Å². The van der Waals surface area contributed by atoms with Crippen LogP contribution in [-0.4, -0.2) is 52.3 Å². The predicted octanol–water partition coefficient (Wildman–Crippen LogP) is 5.21. The number of para-hydroxylation sites is 1. The molecule has 6 rings (SSSR count). The fourth-order valence-corrected chi connectivity index (χ4v) is 5.74. The van der Waals surface area contributed by atoms with E-state index in [-0.39, 0.29) is 18.0 Å². The SMILES string of the molecule is CCNC(=O)c1cc2c(-c3cc4c(cc3Oc3c(C)cccc3C)c(-c3cnn(C)c3)nn4CC(C)(C)O)cn(C)c(=O)c2[nH]1. The van der Waals surface area contributed by atoms with Crippen LogP contribution in [0.1, 0.15) is 42.4 Å². The van der Waals surface area contributed by atoms with Gasteiger partial charge in [-0.15, -0.1) is 0 Å². The van der Waals surface area contributed by atoms with Gasteiger partial charge in [0.2, 0.25) is 0 Å². The molecule has 3 N–H and O–H groups in total. The molecule has 0 saturated heterocycles. The molecule has 11 nitrogen and oxygen atoms in total. The zero-order valence-corrected chi connectivity index (χ0v) is 26.5. The molecule has 0 unspecified atom stereocenters. The number of pyridine rings is 1. The quantitative estimate of drug-likeness (QED) is 0.218. The number of aromatic nitrogens is 6. The van der Waals surface area contributed by atoms with Gasteiger partial charge in [0.25, 0.3) is 11.5 Å². The van der Waals surface area contributed by atoms with Gasteiger partial charge in [0.15, 0.2) is 0 Å². The highest BCUT2D eigenvalue weighted by molar-refractivity contribution is 6.05. The lowest BCUT2D eigenvalue weighted by atomic mass is 9.99. The lowest BCUT2D eigenvalue weighted by Crippen LogP contribution is -2.26. The normalized spacial score (nSPS) is 11.9. The zero-order chi connectivity index (χ0) is 32.2. The molecular weight excluding hydrogens is 570 g/mol. The molecule has 0 fully saturated rings. The van der Waals surface area contributed by atoms with E-state index in [0.29, 0.717) is 45.7 Å². The number of hydrogen-bond donors (Lipinski definition) is 3. The average Bonchev–Trinajstić information content (AvgIpc) is 3.69. The van der Waals surface area contributed by atoms with Crippen molar-refractivity contribution in [3.05, 3.63) is 82.2 Å². The van der Waals surface area contributed by atoms with E-state index in [4.69, 9.17) is 9.84 Å². The van der Waals surface area contributed by atoms with Crippen LogP contribution in [0.4, 0.5) is 0 Å². The number of nitrogens with zero attached hydrogens (tertiary/aromatic N) is 5. The molecule has 0 aliphatic carbocycles. The molecule has 0 aliphatic heterocycles. The maximum absolute atomic E-state index is 13.3. The van der Waals surface area contributed by atoms with Gasteiger partial charge in [-0.05, 0) is 63.9 Å². The highest BCUT2D eigenvalue weighted by Gasteiger charge is 2.25. The minimum Gasteiger partial charge on any atom is -0.456 e. The number of aryl methyl sites for hydroxylation is 4. The van der Waals surface area contributed by atoms with Gasteiger partial charge < -0.3 is 24.7 Å². The number of amides is 1. The number of nitrogens with one attached hydrogen (secondary N) is 2. The van der Waals surface area contributed by atoms with E-state index in [2.05, 4.69) is 15.4 Å². The van der Waals surface area contributed by atoms with E-state index in [1.165, 1.54) is 4.57 Å². The molecule has 45 heavy (non-hydrogen) atoms. The van der Waals surface area contributed by atoms with E-state index >= 15 is 0 Å². The van der Waals surface area contributed by atoms with Gasteiger partial charge in [-0.25, -0.2) is 0 Å². The average molecular weight is 608 g/mol. The Bertz CT molecular complexity index is 2140. The summed E-state index contributed by atoms with van der Waals surface area (Å²) in [6.07, 6.45) is 5.42. The second-order valence-electron chi connectivity index (χ2n) is 12.2. The summed E-state index contributed by atoms with van der Waals surface area (Å²) in [5.41, 5.74) is 4.92. The van der Waals surface area contributed by atoms with Crippen LogP contribution in [0.2, 0.25) is 0 Å². The van der Waals surface area contributed by atoms with Crippen LogP contribution in [0.3, 0.4) is 0 Å². The van der Waals surface area contributed by atoms with Crippen LogP contribution < -0.4 is 15.6 Å². The number of aromatic amines is 1. The first kappa shape index (κ1) is 29.9. The van der Waals surface area contributed by atoms with E-state index < -0.39 is 5.60 Å². The molecule has 1 amide bonds. The fourth-order valence-electron chi connectivity index (χ4n) is 5.74. The topological polar surface area (TPSA) is 132 Å². The summed E-state index contributed by atoms with van der Waals surface area (Å²) in [5, 5.41) is 24.4. The lowest BCUT2D eigenvalue weighted by Gasteiger charge is -2.19. The van der Waals surface area contributed by atoms with Gasteiger partial charge in [0, 0.05) is 60.5 Å². The second kappa shape index (κ2) is 11.1. The maximum Gasteiger partial charge on any atom is 0.274 e. The molecule has 4 heterocycles. The second-order valence-corrected chi connectivity index (χ2v) is 12.2. The molecule has 11 heteroatoms. The summed E-state index contributed by atoms with van der Waals surface area (Å²) in [5.74, 6) is 0.977. The summed E-state index contributed by atoms with van der Waals surface area (Å²) in [6, 6.07) is 11.6. The number of aliphatic hydroxyl groups is 1. The summed E-state index contributed by atoms with van der Waals surface area (Å²) < 4.78 is 11.8. The summed E-state index contributed by atoms with van der Waals surface area (Å²) in [4.78, 5) is 29.1. The lowest BCUT2D eigenvalue weighted by molar-refractivity contribution is 0.0592. The van der Waals surface area contributed by atoms with Gasteiger partial charge in [0.1, 0.15) is 28.4 Å². The van der Waals surface area contributed by atoms with Crippen LogP contribution >= 0.6 is 0 Å². The van der Waals surface area contributed by atoms with Crippen LogP contribution in [0, 0.1) is 13.8 Å². The van der Waals surface area contributed by atoms with Gasteiger partial charge in [-0.3, -0.25) is 19.0 Å². The Labute approximate surface area is 260 Å². The number of carbonyl (C=O) groups excluding carboxylic acids is 1. The number of H-pyrrole nitrogens is 1. The van der Waals surface area contributed by atoms with E-state index in [1.807, 2.05) is 64.3 Å². The molecule has 0 spiro atoms. The smallest absolute Gasteiger partial charge is 0.274 e. The van der Waals surface area contributed by atoms with Crippen LogP contribution in [0.25, 0.3) is 44.2 Å². The minimum atomic E-state index is -1.05. The number of benzene rings is 2. The van der Waals surface area contributed by atoms with Crippen LogP contribution in [0.5, 0.6) is 11.5 Å². The van der Waals surface area contributed by atoms with Gasteiger partial charge in [-0.1, -0.05) is 18.2 Å². The standard InChI is InChI=1S/C34H37N7O4/c1-8-35-32(42)26-12-23-25(17-39(6)33(43)30(23)37-26)22-13-27-24(14-28(22)45-31-19(2)10-9-11-20(31)3)29(21-15-36-40(7)16-21)38-41(27)18-34(4,5)44/h9-17,37,44H,8,18H2,1-7H3,(H,35,42). The van der Waals surface area contributed by atoms with Crippen LogP contribution in [-0.2, 0) is 20.6 Å². The summed E-state index contributed by atoms with van der Waals surface area (Å²) >= 11 is 0. The van der Waals surface area contributed by atoms with Crippen molar-refractivity contribution in [2.45, 2.75) is 46.8 Å². The Morgan fingerprint density at radius 3 is 2.44 bits per heavy atom. The van der Waals surface area contributed by atoms with Gasteiger partial charge in [-0.2, -0.15) is 10.2 Å². The Hall–Kier alpha value is -5.16. The molecule has 4 aromatic heterocycles. The van der Waals surface area contributed by atoms with E-state index in [9.17, 15) is 14.7 Å². The van der Waals surface area contributed by atoms with Crippen molar-refractivity contribution in [3.63, 3.8) is 0 Å². The highest BCUT2D eigenvalue weighted by Crippen LogP contribution is 2.43. The first-order valence-corrected chi connectivity index (χ1v) is 14.9. The Kier molecular flexibility index (Phi) is 7.36. The molecule has 232 valence electrons. The largest absolute Gasteiger partial charge is 0.456 e. The van der Waals surface area contributed by atoms with Crippen LogP contribution in [0.15, 0.2) is 59.8 Å². The molecule has 0 atom stereocenters. The number of carbonyl (C=O) groups is 1. The van der Waals surface area contributed by atoms with Crippen molar-refractivity contribution < 1.29 is 14.6 Å². The molecule has 2 aromatic carbocycles. The van der Waals surface area contributed by atoms with Crippen molar-refractivity contribution in [1.82, 2.24) is 34.4 Å². The molecule has 0 radical (unpaired) electrons. The maximum atomic E-state index is 13.3. The molecule has 6 aromatic rings. The summed E-state index contributed by atoms with van der Waals surface area (Å²) in [7, 11) is 3.53. The first-order chi connectivity index (χ1) is 21.3. The highest BCUT2D eigenvalue weighted by atomic mass is 16.5. The molecule has 0 bridgehead atoms. The first-order valence-electron chi connectivity index (χ1n) is 14.9. The predicted molar refractivity (Wildman–Crippen MR) is 175 cm³/mol. The Morgan fingerprint density at radius 2 is 1.80 bits per heavy atom. The molecular formula is C34H37N7O4. The van der Waals surface area contributed by atoms with Crippen molar-refractivity contribution in [3.8, 4) is 33.9 Å². The Morgan fingerprint density at radius 1 is 1.07 bits per heavy atom. The summed E-state index contributed by atoms with van der Waals surface area (Å²) in [6.45, 7) is 10.00. The van der Waals surface area contributed by atoms with Gasteiger partial charge >= 0.3 is 0 Å². The third-order valence-electron chi connectivity index (χ3n) is 7.82. The third kappa shape index (κ3) is 5.51. The monoisotopic (exact) mass is 607 g/mol. The minimum absolute atomic E-state index is 0.231. The Balaban J connectivity index is 1.70. The van der Waals surface area contributed by atoms with Gasteiger partial charge in [0.05, 0.1) is 23.9 Å². The number of hydrogen-bond acceptors (Lipinski definition) is 6. The third-order valence-corrected chi connectivity index (χ3v) is 7.82. The number of rotatable bonds is 8. The van der Waals surface area contributed by atoms with Crippen molar-refractivity contribution >= 4 is 27.7 Å². The number of fused-ring (bicyclic) bond motifs is 2. The molecule has 0 saturated carbocycles. The fraction of sp³-hybridized carbons (Fsp3) is 0.294.